The van der Waals surface area contributed by atoms with E-state index in [1.807, 2.05) is 24.3 Å². The lowest BCUT2D eigenvalue weighted by atomic mass is 10.0. The van der Waals surface area contributed by atoms with Crippen molar-refractivity contribution in [2.24, 2.45) is 0 Å². The number of alkyl halides is 6. The van der Waals surface area contributed by atoms with E-state index in [0.29, 0.717) is 61.4 Å². The van der Waals surface area contributed by atoms with Crippen LogP contribution in [-0.4, -0.2) is 76.0 Å². The van der Waals surface area contributed by atoms with Crippen LogP contribution in [0.3, 0.4) is 0 Å². The number of aromatic amines is 2. The lowest BCUT2D eigenvalue weighted by molar-refractivity contribution is -0.138. The molecule has 0 unspecified atom stereocenters. The molecular weight excluding hydrogens is 863 g/mol. The minimum atomic E-state index is -4.40. The maximum absolute atomic E-state index is 12.6. The van der Waals surface area contributed by atoms with Crippen molar-refractivity contribution in [3.8, 4) is 45.3 Å². The van der Waals surface area contributed by atoms with Gasteiger partial charge in [0.2, 0.25) is 11.9 Å². The Kier molecular flexibility index (Phi) is 14.8. The number of nitrogens with zero attached hydrogens (tertiary/aromatic N) is 8. The topological polar surface area (TPSA) is 183 Å². The minimum absolute atomic E-state index is 0.357. The fraction of sp³-hybridized carbons (Fsp3) is 0.217. The number of hydrogen-bond acceptors (Lipinski definition) is 12. The highest BCUT2D eigenvalue weighted by molar-refractivity contribution is 5.79. The molecule has 6 aromatic heterocycles. The summed E-state index contributed by atoms with van der Waals surface area (Å²) in [5.41, 5.74) is 5.81. The summed E-state index contributed by atoms with van der Waals surface area (Å²) in [7, 11) is 0. The first-order valence-corrected chi connectivity index (χ1v) is 20.8. The smallest absolute Gasteiger partial charge is 0.368 e. The molecule has 8 rings (SSSR count). The molecule has 0 aliphatic rings. The van der Waals surface area contributed by atoms with Gasteiger partial charge in [-0.1, -0.05) is 62.4 Å². The first-order valence-electron chi connectivity index (χ1n) is 20.8. The highest BCUT2D eigenvalue weighted by atomic mass is 19.4. The SMILES string of the molecule is CCc1ccc(-c2nc(NCCNc3ccc(C(F)(F)F)cn3)ncc2-c2ncc[nH]2)cc1.CCc1ccc(-c2nc(NCCNc3ccc(C(F)(F)F)cn3)ncc2-c2ncc[nH]2)cc1. The third-order valence-corrected chi connectivity index (χ3v) is 9.97. The second-order valence-electron chi connectivity index (χ2n) is 14.5. The lowest BCUT2D eigenvalue weighted by Crippen LogP contribution is -2.16. The molecule has 0 atom stereocenters. The summed E-state index contributed by atoms with van der Waals surface area (Å²) in [4.78, 5) is 40.6. The molecule has 0 amide bonds. The first-order chi connectivity index (χ1) is 31.9. The fourth-order valence-electron chi connectivity index (χ4n) is 6.40. The molecule has 66 heavy (non-hydrogen) atoms. The standard InChI is InChI=1S/2C23H22F3N7/c2*1-2-15-3-5-16(6-4-15)20-18(21-28-10-11-29-21)14-32-22(33-20)30-12-9-27-19-8-7-17(13-31-19)23(24,25)26/h2*3-8,10-11,13-14H,2,9,12H2,1H3,(H,27,31)(H,28,29)(H,30,32,33). The van der Waals surface area contributed by atoms with Crippen molar-refractivity contribution in [3.05, 3.63) is 145 Å². The monoisotopic (exact) mass is 906 g/mol. The van der Waals surface area contributed by atoms with Gasteiger partial charge in [-0.3, -0.25) is 0 Å². The summed E-state index contributed by atoms with van der Waals surface area (Å²) in [6.07, 6.45) is 4.96. The normalized spacial score (nSPS) is 11.4. The quantitative estimate of drug-likeness (QED) is 0.0399. The summed E-state index contributed by atoms with van der Waals surface area (Å²) >= 11 is 0. The number of pyridine rings is 2. The van der Waals surface area contributed by atoms with Crippen molar-refractivity contribution in [3.63, 3.8) is 0 Å². The van der Waals surface area contributed by atoms with E-state index in [-0.39, 0.29) is 0 Å². The Morgan fingerprint density at radius 3 is 1.17 bits per heavy atom. The average Bonchev–Trinajstić information content (AvgIpc) is 4.08. The van der Waals surface area contributed by atoms with E-state index < -0.39 is 23.5 Å². The molecule has 2 aromatic carbocycles. The molecule has 0 aliphatic carbocycles. The molecule has 6 heterocycles. The number of imidazole rings is 2. The van der Waals surface area contributed by atoms with E-state index in [1.165, 1.54) is 23.3 Å². The number of anilines is 4. The zero-order valence-corrected chi connectivity index (χ0v) is 35.6. The number of H-pyrrole nitrogens is 2. The van der Waals surface area contributed by atoms with E-state index in [9.17, 15) is 26.3 Å². The number of benzene rings is 2. The molecule has 0 saturated heterocycles. The first kappa shape index (κ1) is 46.1. The van der Waals surface area contributed by atoms with Crippen molar-refractivity contribution in [1.29, 1.82) is 0 Å². The average molecular weight is 907 g/mol. The van der Waals surface area contributed by atoms with Crippen LogP contribution in [-0.2, 0) is 25.2 Å². The molecule has 0 aliphatic heterocycles. The van der Waals surface area contributed by atoms with Crippen LogP contribution in [0.4, 0.5) is 49.9 Å². The van der Waals surface area contributed by atoms with Crippen molar-refractivity contribution in [1.82, 2.24) is 49.8 Å². The van der Waals surface area contributed by atoms with Gasteiger partial charge >= 0.3 is 12.4 Å². The Morgan fingerprint density at radius 2 is 0.848 bits per heavy atom. The fourth-order valence-corrected chi connectivity index (χ4v) is 6.40. The maximum atomic E-state index is 12.6. The van der Waals surface area contributed by atoms with Gasteiger partial charge in [0.25, 0.3) is 0 Å². The van der Waals surface area contributed by atoms with Crippen LogP contribution in [0, 0.1) is 0 Å². The Hall–Kier alpha value is -7.90. The molecule has 14 nitrogen and oxygen atoms in total. The number of rotatable bonds is 16. The third kappa shape index (κ3) is 12.2. The van der Waals surface area contributed by atoms with Crippen LogP contribution in [0.25, 0.3) is 45.3 Å². The minimum Gasteiger partial charge on any atom is -0.368 e. The maximum Gasteiger partial charge on any atom is 0.417 e. The van der Waals surface area contributed by atoms with Crippen LogP contribution in [0.1, 0.15) is 36.1 Å². The molecule has 340 valence electrons. The molecule has 6 N–H and O–H groups in total. The molecular formula is C46H44F6N14. The summed E-state index contributed by atoms with van der Waals surface area (Å²) < 4.78 is 75.8. The van der Waals surface area contributed by atoms with Crippen LogP contribution in [0.5, 0.6) is 0 Å². The molecule has 0 spiro atoms. The van der Waals surface area contributed by atoms with Gasteiger partial charge in [-0.05, 0) is 48.2 Å². The van der Waals surface area contributed by atoms with E-state index in [0.717, 1.165) is 71.0 Å². The van der Waals surface area contributed by atoms with Gasteiger partial charge in [0.15, 0.2) is 0 Å². The van der Waals surface area contributed by atoms with Gasteiger partial charge in [-0.15, -0.1) is 0 Å². The Labute approximate surface area is 375 Å². The van der Waals surface area contributed by atoms with E-state index in [1.54, 1.807) is 37.2 Å². The number of halogens is 6. The van der Waals surface area contributed by atoms with Crippen molar-refractivity contribution in [2.75, 3.05) is 47.4 Å². The summed E-state index contributed by atoms with van der Waals surface area (Å²) in [5.74, 6) is 2.92. The van der Waals surface area contributed by atoms with Gasteiger partial charge in [-0.2, -0.15) is 26.3 Å². The summed E-state index contributed by atoms with van der Waals surface area (Å²) in [6.45, 7) is 5.92. The number of aryl methyl sites for hydroxylation is 2. The van der Waals surface area contributed by atoms with Crippen molar-refractivity contribution < 1.29 is 26.3 Å². The van der Waals surface area contributed by atoms with Crippen LogP contribution < -0.4 is 21.3 Å². The van der Waals surface area contributed by atoms with Gasteiger partial charge in [0, 0.05) is 86.9 Å². The number of aromatic nitrogens is 10. The molecule has 8 aromatic rings. The van der Waals surface area contributed by atoms with Crippen molar-refractivity contribution in [2.45, 2.75) is 39.0 Å². The third-order valence-electron chi connectivity index (χ3n) is 9.97. The zero-order valence-electron chi connectivity index (χ0n) is 35.6. The van der Waals surface area contributed by atoms with Gasteiger partial charge < -0.3 is 31.2 Å². The highest BCUT2D eigenvalue weighted by Crippen LogP contribution is 2.32. The molecule has 0 saturated carbocycles. The zero-order chi connectivity index (χ0) is 46.5. The number of hydrogen-bond donors (Lipinski definition) is 6. The predicted molar refractivity (Wildman–Crippen MR) is 241 cm³/mol. The van der Waals surface area contributed by atoms with Gasteiger partial charge in [0.1, 0.15) is 23.3 Å². The highest BCUT2D eigenvalue weighted by Gasteiger charge is 2.31. The van der Waals surface area contributed by atoms with Gasteiger partial charge in [0.05, 0.1) is 33.6 Å². The van der Waals surface area contributed by atoms with E-state index in [2.05, 4.69) is 109 Å². The van der Waals surface area contributed by atoms with E-state index in [4.69, 9.17) is 0 Å². The Bertz CT molecular complexity index is 2540. The predicted octanol–water partition coefficient (Wildman–Crippen LogP) is 10.1. The Morgan fingerprint density at radius 1 is 0.455 bits per heavy atom. The second kappa shape index (κ2) is 21.2. The molecule has 0 radical (unpaired) electrons. The number of nitrogens with one attached hydrogen (secondary N) is 6. The van der Waals surface area contributed by atoms with Crippen LogP contribution in [0.15, 0.2) is 122 Å². The largest absolute Gasteiger partial charge is 0.417 e. The van der Waals surface area contributed by atoms with Crippen LogP contribution in [0.2, 0.25) is 0 Å². The molecule has 0 fully saturated rings. The van der Waals surface area contributed by atoms with Gasteiger partial charge in [-0.25, -0.2) is 39.9 Å². The second-order valence-corrected chi connectivity index (χ2v) is 14.5. The van der Waals surface area contributed by atoms with Crippen LogP contribution >= 0.6 is 0 Å². The Balaban J connectivity index is 0.000000196. The van der Waals surface area contributed by atoms with E-state index >= 15 is 0 Å². The summed E-state index contributed by atoms with van der Waals surface area (Å²) in [5, 5.41) is 12.2. The molecule has 20 heteroatoms. The summed E-state index contributed by atoms with van der Waals surface area (Å²) in [6, 6.07) is 21.0. The van der Waals surface area contributed by atoms with Crippen molar-refractivity contribution >= 4 is 23.5 Å². The lowest BCUT2D eigenvalue weighted by Gasteiger charge is -2.12. The molecule has 0 bridgehead atoms.